The van der Waals surface area contributed by atoms with Crippen LogP contribution in [-0.2, 0) is 6.54 Å². The van der Waals surface area contributed by atoms with Crippen molar-refractivity contribution in [1.82, 2.24) is 9.88 Å². The third kappa shape index (κ3) is 3.40. The van der Waals surface area contributed by atoms with Crippen molar-refractivity contribution in [2.24, 2.45) is 5.84 Å². The van der Waals surface area contributed by atoms with Crippen molar-refractivity contribution >= 4 is 16.5 Å². The fourth-order valence-corrected chi connectivity index (χ4v) is 3.32. The monoisotopic (exact) mass is 254 g/mol. The van der Waals surface area contributed by atoms with E-state index in [1.807, 2.05) is 6.20 Å². The zero-order valence-corrected chi connectivity index (χ0v) is 11.3. The van der Waals surface area contributed by atoms with E-state index in [1.54, 1.807) is 11.3 Å². The minimum absolute atomic E-state index is 0.769. The molecule has 0 bridgehead atoms. The van der Waals surface area contributed by atoms with E-state index >= 15 is 0 Å². The molecule has 1 aliphatic heterocycles. The summed E-state index contributed by atoms with van der Waals surface area (Å²) >= 11 is 1.66. The molecule has 1 saturated heterocycles. The lowest BCUT2D eigenvalue weighted by atomic mass is 9.98. The average Bonchev–Trinajstić information content (AvgIpc) is 2.80. The number of nitrogen functional groups attached to an aromatic ring is 1. The molecule has 1 unspecified atom stereocenters. The van der Waals surface area contributed by atoms with Gasteiger partial charge < -0.3 is 0 Å². The van der Waals surface area contributed by atoms with Gasteiger partial charge >= 0.3 is 0 Å². The van der Waals surface area contributed by atoms with E-state index in [-0.39, 0.29) is 0 Å². The first kappa shape index (κ1) is 12.8. The second kappa shape index (κ2) is 6.33. The van der Waals surface area contributed by atoms with Crippen molar-refractivity contribution in [3.63, 3.8) is 0 Å². The molecule has 0 aliphatic carbocycles. The molecule has 5 heteroatoms. The highest BCUT2D eigenvalue weighted by Crippen LogP contribution is 2.25. The normalized spacial score (nSPS) is 21.6. The van der Waals surface area contributed by atoms with Gasteiger partial charge in [-0.2, -0.15) is 0 Å². The van der Waals surface area contributed by atoms with Gasteiger partial charge in [0.2, 0.25) is 0 Å². The second-order valence-corrected chi connectivity index (χ2v) is 5.80. The predicted molar refractivity (Wildman–Crippen MR) is 72.9 cm³/mol. The Morgan fingerprint density at radius 3 is 3.18 bits per heavy atom. The molecule has 2 rings (SSSR count). The highest BCUT2D eigenvalue weighted by molar-refractivity contribution is 7.15. The number of likely N-dealkylation sites (tertiary alicyclic amines) is 1. The van der Waals surface area contributed by atoms with Crippen LogP contribution >= 0.6 is 11.3 Å². The molecule has 1 aromatic rings. The van der Waals surface area contributed by atoms with Crippen LogP contribution in [0.25, 0.3) is 0 Å². The Labute approximate surface area is 107 Å². The van der Waals surface area contributed by atoms with Crippen molar-refractivity contribution in [2.45, 2.75) is 51.6 Å². The third-order valence-electron chi connectivity index (χ3n) is 3.41. The summed E-state index contributed by atoms with van der Waals surface area (Å²) in [5.74, 6) is 5.36. The number of anilines is 1. The van der Waals surface area contributed by atoms with E-state index in [9.17, 15) is 0 Å². The van der Waals surface area contributed by atoms with Crippen molar-refractivity contribution in [1.29, 1.82) is 0 Å². The lowest BCUT2D eigenvalue weighted by molar-refractivity contribution is 0.133. The van der Waals surface area contributed by atoms with Gasteiger partial charge in [-0.25, -0.2) is 10.8 Å². The van der Waals surface area contributed by atoms with Crippen LogP contribution in [0.4, 0.5) is 5.13 Å². The molecule has 1 fully saturated rings. The van der Waals surface area contributed by atoms with Gasteiger partial charge in [0.05, 0.1) is 0 Å². The van der Waals surface area contributed by atoms with E-state index in [0.29, 0.717) is 0 Å². The maximum atomic E-state index is 5.36. The number of aromatic nitrogens is 1. The van der Waals surface area contributed by atoms with E-state index in [1.165, 1.54) is 43.5 Å². The lowest BCUT2D eigenvalue weighted by Gasteiger charge is -2.35. The number of thiazole rings is 1. The van der Waals surface area contributed by atoms with E-state index < -0.39 is 0 Å². The molecular weight excluding hydrogens is 232 g/mol. The Kier molecular flexibility index (Phi) is 4.76. The van der Waals surface area contributed by atoms with Gasteiger partial charge in [-0.1, -0.05) is 31.1 Å². The van der Waals surface area contributed by atoms with E-state index in [2.05, 4.69) is 22.2 Å². The standard InChI is InChI=1S/C12H22N4S/c1-2-5-10-6-3-4-7-16(10)9-11-8-14-12(15-13)17-11/h8,10H,2-7,9,13H2,1H3,(H,14,15). The van der Waals surface area contributed by atoms with Gasteiger partial charge in [-0.15, -0.1) is 0 Å². The second-order valence-electron chi connectivity index (χ2n) is 4.68. The van der Waals surface area contributed by atoms with Crippen LogP contribution < -0.4 is 11.3 Å². The van der Waals surface area contributed by atoms with Gasteiger partial charge in [0.25, 0.3) is 0 Å². The van der Waals surface area contributed by atoms with Crippen molar-refractivity contribution in [3.05, 3.63) is 11.1 Å². The number of nitrogens with one attached hydrogen (secondary N) is 1. The molecule has 4 nitrogen and oxygen atoms in total. The maximum absolute atomic E-state index is 5.36. The molecule has 96 valence electrons. The number of hydrogen-bond acceptors (Lipinski definition) is 5. The molecule has 0 aromatic carbocycles. The van der Waals surface area contributed by atoms with Crippen molar-refractivity contribution in [3.8, 4) is 0 Å². The molecule has 1 aromatic heterocycles. The molecule has 0 amide bonds. The van der Waals surface area contributed by atoms with Gasteiger partial charge in [0.1, 0.15) is 0 Å². The van der Waals surface area contributed by atoms with Crippen LogP contribution in [0.3, 0.4) is 0 Å². The number of nitrogens with zero attached hydrogens (tertiary/aromatic N) is 2. The highest BCUT2D eigenvalue weighted by atomic mass is 32.1. The zero-order chi connectivity index (χ0) is 12.1. The first-order valence-corrected chi connectivity index (χ1v) is 7.30. The topological polar surface area (TPSA) is 54.2 Å². The van der Waals surface area contributed by atoms with Crippen LogP contribution in [0.1, 0.15) is 43.9 Å². The van der Waals surface area contributed by atoms with Gasteiger partial charge in [-0.3, -0.25) is 10.3 Å². The van der Waals surface area contributed by atoms with E-state index in [0.717, 1.165) is 17.7 Å². The Hall–Kier alpha value is -0.650. The smallest absolute Gasteiger partial charge is 0.197 e. The summed E-state index contributed by atoms with van der Waals surface area (Å²) in [6.45, 7) is 4.54. The minimum Gasteiger partial charge on any atom is -0.300 e. The van der Waals surface area contributed by atoms with Crippen LogP contribution in [-0.4, -0.2) is 22.5 Å². The average molecular weight is 254 g/mol. The van der Waals surface area contributed by atoms with Gasteiger partial charge in [0, 0.05) is 23.7 Å². The number of rotatable bonds is 5. The number of hydrogen-bond donors (Lipinski definition) is 2. The van der Waals surface area contributed by atoms with Crippen molar-refractivity contribution < 1.29 is 0 Å². The Morgan fingerprint density at radius 2 is 2.47 bits per heavy atom. The summed E-state index contributed by atoms with van der Waals surface area (Å²) in [5, 5.41) is 0.809. The quantitative estimate of drug-likeness (QED) is 0.626. The zero-order valence-electron chi connectivity index (χ0n) is 10.5. The minimum atomic E-state index is 0.769. The summed E-state index contributed by atoms with van der Waals surface area (Å²) < 4.78 is 0. The summed E-state index contributed by atoms with van der Waals surface area (Å²) in [7, 11) is 0. The maximum Gasteiger partial charge on any atom is 0.197 e. The molecule has 3 N–H and O–H groups in total. The van der Waals surface area contributed by atoms with Gasteiger partial charge in [0.15, 0.2) is 5.13 Å². The molecule has 1 atom stereocenters. The fourth-order valence-electron chi connectivity index (χ4n) is 2.58. The Bertz CT molecular complexity index is 337. The Balaban J connectivity index is 1.95. The number of piperidine rings is 1. The molecule has 1 aliphatic rings. The lowest BCUT2D eigenvalue weighted by Crippen LogP contribution is -2.38. The summed E-state index contributed by atoms with van der Waals surface area (Å²) in [4.78, 5) is 8.15. The molecule has 0 radical (unpaired) electrons. The first-order chi connectivity index (χ1) is 8.33. The molecule has 0 saturated carbocycles. The number of nitrogens with two attached hydrogens (primary N) is 1. The molecule has 17 heavy (non-hydrogen) atoms. The summed E-state index contributed by atoms with van der Waals surface area (Å²) in [5.41, 5.74) is 2.61. The largest absolute Gasteiger partial charge is 0.300 e. The van der Waals surface area contributed by atoms with Crippen LogP contribution in [0.15, 0.2) is 6.20 Å². The Morgan fingerprint density at radius 1 is 1.59 bits per heavy atom. The highest BCUT2D eigenvalue weighted by Gasteiger charge is 2.22. The molecular formula is C12H22N4S. The number of hydrazine groups is 1. The van der Waals surface area contributed by atoms with Gasteiger partial charge in [-0.05, 0) is 25.8 Å². The van der Waals surface area contributed by atoms with E-state index in [4.69, 9.17) is 5.84 Å². The first-order valence-electron chi connectivity index (χ1n) is 6.49. The fraction of sp³-hybridized carbons (Fsp3) is 0.750. The molecule has 2 heterocycles. The third-order valence-corrected chi connectivity index (χ3v) is 4.32. The van der Waals surface area contributed by atoms with Crippen molar-refractivity contribution in [2.75, 3.05) is 12.0 Å². The van der Waals surface area contributed by atoms with Crippen LogP contribution in [0.5, 0.6) is 0 Å². The van der Waals surface area contributed by atoms with Crippen LogP contribution in [0.2, 0.25) is 0 Å². The van der Waals surface area contributed by atoms with Crippen LogP contribution in [0, 0.1) is 0 Å². The summed E-state index contributed by atoms with van der Waals surface area (Å²) in [6, 6.07) is 0.769. The SMILES string of the molecule is CCCC1CCCCN1Cc1cnc(NN)s1. The molecule has 0 spiro atoms. The predicted octanol–water partition coefficient (Wildman–Crippen LogP) is 2.58. The summed E-state index contributed by atoms with van der Waals surface area (Å²) in [6.07, 6.45) is 8.62.